The van der Waals surface area contributed by atoms with E-state index in [1.54, 1.807) is 0 Å². The average Bonchev–Trinajstić information content (AvgIpc) is 2.62. The second kappa shape index (κ2) is 21.5. The van der Waals surface area contributed by atoms with Gasteiger partial charge in [0.1, 0.15) is 0 Å². The molecule has 0 aliphatic heterocycles. The molecule has 0 unspecified atom stereocenters. The lowest BCUT2D eigenvalue weighted by Crippen LogP contribution is -1.92. The minimum Gasteiger partial charge on any atom is -0.481 e. The van der Waals surface area contributed by atoms with E-state index in [4.69, 9.17) is 5.11 Å². The molecule has 0 aliphatic rings. The number of aliphatic carboxylic acids is 1. The molecule has 0 saturated carbocycles. The Morgan fingerprint density at radius 1 is 0.615 bits per heavy atom. The molecule has 0 fully saturated rings. The highest BCUT2D eigenvalue weighted by Gasteiger charge is 1.93. The van der Waals surface area contributed by atoms with E-state index >= 15 is 0 Å². The number of hydrogen-bond donors (Lipinski definition) is 1. The molecule has 0 atom stereocenters. The van der Waals surface area contributed by atoms with Crippen LogP contribution in [0.4, 0.5) is 0 Å². The van der Waals surface area contributed by atoms with Crippen molar-refractivity contribution in [3.05, 3.63) is 48.6 Å². The lowest BCUT2D eigenvalue weighted by Gasteiger charge is -2.00. The van der Waals surface area contributed by atoms with Crippen LogP contribution in [-0.2, 0) is 4.79 Å². The molecule has 0 aliphatic carbocycles. The van der Waals surface area contributed by atoms with Crippen LogP contribution in [0, 0.1) is 0 Å². The van der Waals surface area contributed by atoms with Gasteiger partial charge in [-0.25, -0.2) is 0 Å². The quantitative estimate of drug-likeness (QED) is 0.200. The van der Waals surface area contributed by atoms with Crippen molar-refractivity contribution >= 4 is 5.97 Å². The summed E-state index contributed by atoms with van der Waals surface area (Å²) in [4.78, 5) is 10.4. The van der Waals surface area contributed by atoms with Gasteiger partial charge in [-0.15, -0.1) is 0 Å². The van der Waals surface area contributed by atoms with Crippen LogP contribution in [0.2, 0.25) is 0 Å². The zero-order valence-corrected chi connectivity index (χ0v) is 16.9. The van der Waals surface area contributed by atoms with E-state index in [0.29, 0.717) is 0 Å². The van der Waals surface area contributed by atoms with Crippen LogP contribution in [0.1, 0.15) is 96.8 Å². The molecule has 0 saturated heterocycles. The summed E-state index contributed by atoms with van der Waals surface area (Å²) in [5.41, 5.74) is 0. The van der Waals surface area contributed by atoms with Crippen LogP contribution in [-0.4, -0.2) is 11.1 Å². The molecule has 2 heteroatoms. The monoisotopic (exact) mass is 360 g/mol. The highest BCUT2D eigenvalue weighted by atomic mass is 16.4. The molecule has 2 nitrogen and oxygen atoms in total. The molecule has 0 rings (SSSR count). The number of carbonyl (C=O) groups is 1. The lowest BCUT2D eigenvalue weighted by atomic mass is 10.1. The number of allylic oxidation sites excluding steroid dienone is 8. The van der Waals surface area contributed by atoms with Gasteiger partial charge in [0.2, 0.25) is 0 Å². The van der Waals surface area contributed by atoms with E-state index in [2.05, 4.69) is 31.2 Å². The highest BCUT2D eigenvalue weighted by molar-refractivity contribution is 5.66. The Morgan fingerprint density at radius 2 is 1.04 bits per heavy atom. The Balaban J connectivity index is 3.38. The summed E-state index contributed by atoms with van der Waals surface area (Å²) in [5, 5.41) is 8.53. The van der Waals surface area contributed by atoms with Crippen molar-refractivity contribution in [3.8, 4) is 0 Å². The molecule has 0 radical (unpaired) electrons. The van der Waals surface area contributed by atoms with Gasteiger partial charge >= 0.3 is 5.97 Å². The third kappa shape index (κ3) is 22.4. The maximum absolute atomic E-state index is 10.4. The molecule has 0 bridgehead atoms. The maximum atomic E-state index is 10.4. The van der Waals surface area contributed by atoms with E-state index in [-0.39, 0.29) is 6.42 Å². The van der Waals surface area contributed by atoms with E-state index in [1.807, 2.05) is 24.3 Å². The van der Waals surface area contributed by atoms with Gasteiger partial charge in [0, 0.05) is 6.42 Å². The van der Waals surface area contributed by atoms with Crippen molar-refractivity contribution in [1.82, 2.24) is 0 Å². The zero-order chi connectivity index (χ0) is 19.1. The van der Waals surface area contributed by atoms with Gasteiger partial charge in [-0.2, -0.15) is 0 Å². The number of rotatable bonds is 18. The van der Waals surface area contributed by atoms with Gasteiger partial charge in [-0.1, -0.05) is 107 Å². The summed E-state index contributed by atoms with van der Waals surface area (Å²) >= 11 is 0. The topological polar surface area (TPSA) is 37.3 Å². The molecule has 1 N–H and O–H groups in total. The van der Waals surface area contributed by atoms with Gasteiger partial charge in [0.25, 0.3) is 0 Å². The number of carboxylic acids is 1. The van der Waals surface area contributed by atoms with E-state index in [1.165, 1.54) is 64.2 Å². The fourth-order valence-electron chi connectivity index (χ4n) is 2.72. The Labute approximate surface area is 161 Å². The molecule has 148 valence electrons. The normalized spacial score (nSPS) is 12.3. The summed E-state index contributed by atoms with van der Waals surface area (Å²) in [6, 6.07) is 0. The minimum atomic E-state index is -0.704. The van der Waals surface area contributed by atoms with Crippen LogP contribution < -0.4 is 0 Å². The predicted octanol–water partition coefficient (Wildman–Crippen LogP) is 7.78. The third-order valence-electron chi connectivity index (χ3n) is 4.31. The third-order valence-corrected chi connectivity index (χ3v) is 4.31. The van der Waals surface area contributed by atoms with Gasteiger partial charge in [0.05, 0.1) is 0 Å². The van der Waals surface area contributed by atoms with Crippen molar-refractivity contribution in [1.29, 1.82) is 0 Å². The van der Waals surface area contributed by atoms with Crippen molar-refractivity contribution in [2.45, 2.75) is 96.8 Å². The van der Waals surface area contributed by atoms with Crippen molar-refractivity contribution in [2.24, 2.45) is 0 Å². The van der Waals surface area contributed by atoms with E-state index < -0.39 is 5.97 Å². The molecule has 26 heavy (non-hydrogen) atoms. The summed E-state index contributed by atoms with van der Waals surface area (Å²) < 4.78 is 0. The zero-order valence-electron chi connectivity index (χ0n) is 16.9. The molecule has 0 aromatic carbocycles. The van der Waals surface area contributed by atoms with Crippen molar-refractivity contribution in [2.75, 3.05) is 0 Å². The summed E-state index contributed by atoms with van der Waals surface area (Å²) in [7, 11) is 0. The Morgan fingerprint density at radius 3 is 1.54 bits per heavy atom. The summed E-state index contributed by atoms with van der Waals surface area (Å²) in [6.07, 6.45) is 33.2. The number of hydrogen-bond acceptors (Lipinski definition) is 1. The van der Waals surface area contributed by atoms with Gasteiger partial charge in [0.15, 0.2) is 0 Å². The Kier molecular flexibility index (Phi) is 20.2. The average molecular weight is 361 g/mol. The summed E-state index contributed by atoms with van der Waals surface area (Å²) in [5.74, 6) is -0.704. The van der Waals surface area contributed by atoms with E-state index in [9.17, 15) is 4.79 Å². The van der Waals surface area contributed by atoms with Gasteiger partial charge in [-0.05, 0) is 32.1 Å². The maximum Gasteiger partial charge on any atom is 0.303 e. The van der Waals surface area contributed by atoms with Crippen LogP contribution in [0.5, 0.6) is 0 Å². The van der Waals surface area contributed by atoms with Crippen molar-refractivity contribution in [3.63, 3.8) is 0 Å². The SMILES string of the molecule is CCCCCCCCCCC/C=C/C=C/C=C/C=C/CCCCC(=O)O. The standard InChI is InChI=1S/C24H40O2/c1-2-3-4-5-6-7-8-9-10-11-12-13-14-15-16-17-18-19-20-21-22-23-24(25)26/h12-19H,2-11,20-23H2,1H3,(H,25,26)/b13-12+,15-14+,17-16+,19-18+. The molecular weight excluding hydrogens is 320 g/mol. The van der Waals surface area contributed by atoms with Gasteiger partial charge < -0.3 is 5.11 Å². The van der Waals surface area contributed by atoms with E-state index in [0.717, 1.165) is 19.3 Å². The first kappa shape index (κ1) is 24.4. The predicted molar refractivity (Wildman–Crippen MR) is 115 cm³/mol. The molecule has 0 spiro atoms. The van der Waals surface area contributed by atoms with Crippen LogP contribution in [0.15, 0.2) is 48.6 Å². The second-order valence-electron chi connectivity index (χ2n) is 6.88. The van der Waals surface area contributed by atoms with Crippen LogP contribution in [0.3, 0.4) is 0 Å². The summed E-state index contributed by atoms with van der Waals surface area (Å²) in [6.45, 7) is 2.27. The number of carboxylic acid groups (broad SMARTS) is 1. The largest absolute Gasteiger partial charge is 0.481 e. The molecule has 0 aromatic rings. The van der Waals surface area contributed by atoms with Crippen LogP contribution >= 0.6 is 0 Å². The first-order chi connectivity index (χ1) is 12.8. The van der Waals surface area contributed by atoms with Crippen LogP contribution in [0.25, 0.3) is 0 Å². The Hall–Kier alpha value is -1.57. The fourth-order valence-corrected chi connectivity index (χ4v) is 2.72. The van der Waals surface area contributed by atoms with Gasteiger partial charge in [-0.3, -0.25) is 4.79 Å². The lowest BCUT2D eigenvalue weighted by molar-refractivity contribution is -0.137. The first-order valence-electron chi connectivity index (χ1n) is 10.6. The molecule has 0 amide bonds. The molecular formula is C24H40O2. The first-order valence-corrected chi connectivity index (χ1v) is 10.6. The Bertz CT molecular complexity index is 416. The highest BCUT2D eigenvalue weighted by Crippen LogP contribution is 2.10. The fraction of sp³-hybridized carbons (Fsp3) is 0.625. The molecule has 0 heterocycles. The van der Waals surface area contributed by atoms with Crippen molar-refractivity contribution < 1.29 is 9.90 Å². The minimum absolute atomic E-state index is 0.276. The smallest absolute Gasteiger partial charge is 0.303 e. The molecule has 0 aromatic heterocycles. The second-order valence-corrected chi connectivity index (χ2v) is 6.88. The number of unbranched alkanes of at least 4 members (excludes halogenated alkanes) is 11.